The maximum Gasteiger partial charge on any atom is 0.280 e. The van der Waals surface area contributed by atoms with E-state index in [9.17, 15) is 18.0 Å². The quantitative estimate of drug-likeness (QED) is 0.706. The Bertz CT molecular complexity index is 1120. The molecule has 0 fully saturated rings. The molecule has 0 saturated heterocycles. The van der Waals surface area contributed by atoms with Crippen LogP contribution >= 0.6 is 11.3 Å². The van der Waals surface area contributed by atoms with Crippen LogP contribution < -0.4 is 5.73 Å². The first kappa shape index (κ1) is 19.1. The molecule has 1 aliphatic rings. The van der Waals surface area contributed by atoms with Gasteiger partial charge >= 0.3 is 0 Å². The Morgan fingerprint density at radius 3 is 2.59 bits per heavy atom. The second-order valence-corrected chi connectivity index (χ2v) is 7.26. The van der Waals surface area contributed by atoms with Crippen molar-refractivity contribution in [3.63, 3.8) is 0 Å². The van der Waals surface area contributed by atoms with Gasteiger partial charge in [-0.15, -0.1) is 11.3 Å². The summed E-state index contributed by atoms with van der Waals surface area (Å²) in [5.41, 5.74) is 5.91. The summed E-state index contributed by atoms with van der Waals surface area (Å²) in [6.07, 6.45) is -0.145. The van der Waals surface area contributed by atoms with Gasteiger partial charge in [0, 0.05) is 25.0 Å². The molecule has 29 heavy (non-hydrogen) atoms. The summed E-state index contributed by atoms with van der Waals surface area (Å²) in [5.74, 6) is -1.12. The topological polar surface area (TPSA) is 84.5 Å². The third-order valence-corrected chi connectivity index (χ3v) is 5.55. The molecule has 0 aliphatic carbocycles. The van der Waals surface area contributed by atoms with Gasteiger partial charge in [-0.1, -0.05) is 6.07 Å². The maximum atomic E-state index is 14.5. The molecule has 0 radical (unpaired) electrons. The van der Waals surface area contributed by atoms with Crippen LogP contribution in [0.15, 0.2) is 53.2 Å². The average molecular weight is 417 g/mol. The Morgan fingerprint density at radius 2 is 1.97 bits per heavy atom. The number of rotatable bonds is 4. The van der Waals surface area contributed by atoms with Crippen molar-refractivity contribution in [1.29, 1.82) is 0 Å². The number of pyridine rings is 1. The summed E-state index contributed by atoms with van der Waals surface area (Å²) in [7, 11) is 1.44. The zero-order chi connectivity index (χ0) is 20.8. The summed E-state index contributed by atoms with van der Waals surface area (Å²) in [6.45, 7) is 0. The monoisotopic (exact) mass is 417 g/mol. The minimum absolute atomic E-state index is 0.0749. The van der Waals surface area contributed by atoms with E-state index in [4.69, 9.17) is 5.73 Å². The number of carbonyl (C=O) groups excluding carboxylic acids is 1. The Balaban J connectivity index is 1.98. The van der Waals surface area contributed by atoms with Crippen molar-refractivity contribution < 1.29 is 18.0 Å². The summed E-state index contributed by atoms with van der Waals surface area (Å²) >= 11 is 1.23. The van der Waals surface area contributed by atoms with Gasteiger partial charge in [0.05, 0.1) is 10.4 Å². The molecular formula is C19H14F3N5OS. The number of thiazole rings is 1. The van der Waals surface area contributed by atoms with Crippen LogP contribution in [-0.2, 0) is 10.3 Å². The van der Waals surface area contributed by atoms with Crippen molar-refractivity contribution in [1.82, 2.24) is 14.9 Å². The number of carbonyl (C=O) groups is 1. The van der Waals surface area contributed by atoms with Gasteiger partial charge in [-0.05, 0) is 35.4 Å². The first-order chi connectivity index (χ1) is 13.8. The van der Waals surface area contributed by atoms with Gasteiger partial charge in [-0.3, -0.25) is 19.7 Å². The van der Waals surface area contributed by atoms with Crippen molar-refractivity contribution in [2.45, 2.75) is 12.0 Å². The molecule has 1 amide bonds. The van der Waals surface area contributed by atoms with Gasteiger partial charge in [0.25, 0.3) is 12.3 Å². The van der Waals surface area contributed by atoms with E-state index in [1.54, 1.807) is 5.51 Å². The van der Waals surface area contributed by atoms with E-state index in [0.29, 0.717) is 10.4 Å². The van der Waals surface area contributed by atoms with Crippen LogP contribution in [-0.4, -0.2) is 33.8 Å². The first-order valence-electron chi connectivity index (χ1n) is 8.41. The number of hydrogen-bond donors (Lipinski definition) is 1. The SMILES string of the molecule is CN1C(=O)C(c2ccnc(C(F)F)c2)(c2ccc(F)c(-c3cncs3)c2)N=C1N. The van der Waals surface area contributed by atoms with Gasteiger partial charge in [0.15, 0.2) is 11.5 Å². The average Bonchev–Trinajstić information content (AvgIpc) is 3.32. The van der Waals surface area contributed by atoms with Crippen LogP contribution in [0.1, 0.15) is 23.2 Å². The zero-order valence-electron chi connectivity index (χ0n) is 15.0. The maximum absolute atomic E-state index is 14.5. The standard InChI is InChI=1S/C19H14F3N5OS/c1-27-17(28)19(26-18(27)23,11-4-5-25-14(7-11)16(21)22)10-2-3-13(20)12(6-10)15-8-24-9-29-15/h2-9,16H,1H3,(H2,23,26). The first-order valence-corrected chi connectivity index (χ1v) is 9.29. The Kier molecular flexibility index (Phi) is 4.58. The highest BCUT2D eigenvalue weighted by atomic mass is 32.1. The smallest absolute Gasteiger partial charge is 0.280 e. The van der Waals surface area contributed by atoms with Crippen molar-refractivity contribution in [2.75, 3.05) is 7.05 Å². The highest BCUT2D eigenvalue weighted by molar-refractivity contribution is 7.13. The predicted octanol–water partition coefficient (Wildman–Crippen LogP) is 3.31. The lowest BCUT2D eigenvalue weighted by atomic mass is 9.82. The van der Waals surface area contributed by atoms with E-state index in [-0.39, 0.29) is 17.1 Å². The molecule has 3 heterocycles. The number of guanidine groups is 1. The number of aromatic nitrogens is 2. The third kappa shape index (κ3) is 2.96. The minimum Gasteiger partial charge on any atom is -0.369 e. The normalized spacial score (nSPS) is 19.1. The number of aliphatic imine (C=N–C) groups is 1. The van der Waals surface area contributed by atoms with E-state index < -0.39 is 29.4 Å². The molecule has 0 bridgehead atoms. The molecule has 1 atom stereocenters. The molecule has 6 nitrogen and oxygen atoms in total. The van der Waals surface area contributed by atoms with Gasteiger partial charge in [0.2, 0.25) is 0 Å². The predicted molar refractivity (Wildman–Crippen MR) is 102 cm³/mol. The molecule has 2 aromatic heterocycles. The van der Waals surface area contributed by atoms with E-state index in [1.807, 2.05) is 0 Å². The third-order valence-electron chi connectivity index (χ3n) is 4.74. The molecule has 1 aromatic carbocycles. The second kappa shape index (κ2) is 6.96. The molecular weight excluding hydrogens is 403 g/mol. The number of alkyl halides is 2. The lowest BCUT2D eigenvalue weighted by Crippen LogP contribution is -2.41. The summed E-state index contributed by atoms with van der Waals surface area (Å²) < 4.78 is 41.0. The number of hydrogen-bond acceptors (Lipinski definition) is 6. The zero-order valence-corrected chi connectivity index (χ0v) is 15.8. The number of amides is 1. The Morgan fingerprint density at radius 1 is 1.21 bits per heavy atom. The lowest BCUT2D eigenvalue weighted by Gasteiger charge is -2.26. The van der Waals surface area contributed by atoms with Gasteiger partial charge in [-0.2, -0.15) is 0 Å². The molecule has 1 aliphatic heterocycles. The van der Waals surface area contributed by atoms with Gasteiger partial charge < -0.3 is 5.73 Å². The highest BCUT2D eigenvalue weighted by Crippen LogP contribution is 2.42. The lowest BCUT2D eigenvalue weighted by molar-refractivity contribution is -0.129. The number of nitrogens with two attached hydrogens (primary N) is 1. The largest absolute Gasteiger partial charge is 0.369 e. The van der Waals surface area contributed by atoms with E-state index in [1.165, 1.54) is 55.0 Å². The van der Waals surface area contributed by atoms with E-state index in [0.717, 1.165) is 11.0 Å². The molecule has 148 valence electrons. The van der Waals surface area contributed by atoms with Gasteiger partial charge in [0.1, 0.15) is 11.5 Å². The molecule has 2 N–H and O–H groups in total. The molecule has 4 rings (SSSR count). The van der Waals surface area contributed by atoms with Crippen molar-refractivity contribution >= 4 is 23.2 Å². The van der Waals surface area contributed by atoms with Gasteiger partial charge in [-0.25, -0.2) is 18.2 Å². The fourth-order valence-electron chi connectivity index (χ4n) is 3.26. The van der Waals surface area contributed by atoms with Crippen molar-refractivity contribution in [3.05, 3.63) is 70.9 Å². The molecule has 1 unspecified atom stereocenters. The summed E-state index contributed by atoms with van der Waals surface area (Å²) in [6, 6.07) is 6.62. The minimum atomic E-state index is -2.83. The van der Waals surface area contributed by atoms with Crippen LogP contribution in [0.3, 0.4) is 0 Å². The molecule has 0 spiro atoms. The van der Waals surface area contributed by atoms with Crippen LogP contribution in [0.4, 0.5) is 13.2 Å². The molecule has 10 heteroatoms. The van der Waals surface area contributed by atoms with E-state index in [2.05, 4.69) is 15.0 Å². The fraction of sp³-hybridized carbons (Fsp3) is 0.158. The Labute approximate surface area is 167 Å². The number of halogens is 3. The fourth-order valence-corrected chi connectivity index (χ4v) is 3.91. The van der Waals surface area contributed by atoms with Crippen LogP contribution in [0.2, 0.25) is 0 Å². The number of likely N-dealkylation sites (N-methyl/N-ethyl adjacent to an activating group) is 1. The van der Waals surface area contributed by atoms with Crippen LogP contribution in [0.5, 0.6) is 0 Å². The number of nitrogens with zero attached hydrogens (tertiary/aromatic N) is 4. The van der Waals surface area contributed by atoms with Crippen molar-refractivity contribution in [3.8, 4) is 10.4 Å². The Hall–Kier alpha value is -3.27. The van der Waals surface area contributed by atoms with Crippen LogP contribution in [0, 0.1) is 5.82 Å². The van der Waals surface area contributed by atoms with Crippen LogP contribution in [0.25, 0.3) is 10.4 Å². The molecule has 0 saturated carbocycles. The number of benzene rings is 1. The van der Waals surface area contributed by atoms with Crippen molar-refractivity contribution in [2.24, 2.45) is 10.7 Å². The molecule has 3 aromatic rings. The summed E-state index contributed by atoms with van der Waals surface area (Å²) in [5, 5.41) is 0. The highest BCUT2D eigenvalue weighted by Gasteiger charge is 2.50. The summed E-state index contributed by atoms with van der Waals surface area (Å²) in [4.78, 5) is 26.9. The second-order valence-electron chi connectivity index (χ2n) is 6.37. The van der Waals surface area contributed by atoms with E-state index >= 15 is 0 Å².